The number of nitrogens with one attached hydrogen (secondary N) is 1. The fraction of sp³-hybridized carbons (Fsp3) is 0.167. The van der Waals surface area contributed by atoms with Gasteiger partial charge in [0.1, 0.15) is 4.21 Å². The summed E-state index contributed by atoms with van der Waals surface area (Å²) in [6, 6.07) is 1.39. The molecular weight excluding hydrogens is 244 g/mol. The monoisotopic (exact) mass is 250 g/mol. The maximum atomic E-state index is 11.0. The predicted octanol–water partition coefficient (Wildman–Crippen LogP) is 0.440. The van der Waals surface area contributed by atoms with Crippen LogP contribution in [0.25, 0.3) is 0 Å². The molecule has 76 valence electrons. The van der Waals surface area contributed by atoms with Crippen molar-refractivity contribution in [2.45, 2.75) is 8.42 Å². The molecule has 0 fully saturated rings. The molecular formula is C6H6N2O3S3. The lowest BCUT2D eigenvalue weighted by Gasteiger charge is -2.10. The van der Waals surface area contributed by atoms with Gasteiger partial charge in [-0.3, -0.25) is 4.79 Å². The fourth-order valence-corrected chi connectivity index (χ4v) is 4.02. The Bertz CT molecular complexity index is 490. The summed E-state index contributed by atoms with van der Waals surface area (Å²) in [6.07, 6.45) is 0. The van der Waals surface area contributed by atoms with Crippen LogP contribution in [-0.4, -0.2) is 20.1 Å². The van der Waals surface area contributed by atoms with E-state index in [1.807, 2.05) is 0 Å². The maximum Gasteiger partial charge on any atom is 0.247 e. The molecule has 8 heteroatoms. The zero-order chi connectivity index (χ0) is 10.3. The van der Waals surface area contributed by atoms with Crippen molar-refractivity contribution >= 4 is 44.7 Å². The van der Waals surface area contributed by atoms with Gasteiger partial charge >= 0.3 is 0 Å². The minimum absolute atomic E-state index is 0.0807. The molecule has 0 atom stereocenters. The fourth-order valence-electron chi connectivity index (χ4n) is 1.00. The number of sulfonamides is 1. The summed E-state index contributed by atoms with van der Waals surface area (Å²) >= 11 is 2.40. The molecule has 1 aliphatic rings. The Labute approximate surface area is 88.7 Å². The largest absolute Gasteiger partial charge is 0.324 e. The van der Waals surface area contributed by atoms with Crippen LogP contribution in [0.15, 0.2) is 14.5 Å². The van der Waals surface area contributed by atoms with Crippen molar-refractivity contribution in [3.05, 3.63) is 6.07 Å². The van der Waals surface area contributed by atoms with E-state index in [1.54, 1.807) is 0 Å². The van der Waals surface area contributed by atoms with Crippen LogP contribution in [0, 0.1) is 0 Å². The van der Waals surface area contributed by atoms with Crippen LogP contribution >= 0.6 is 23.1 Å². The Morgan fingerprint density at radius 1 is 1.50 bits per heavy atom. The van der Waals surface area contributed by atoms with E-state index in [-0.39, 0.29) is 10.1 Å². The molecule has 0 unspecified atom stereocenters. The van der Waals surface area contributed by atoms with E-state index in [2.05, 4.69) is 5.32 Å². The van der Waals surface area contributed by atoms with Crippen molar-refractivity contribution in [1.29, 1.82) is 0 Å². The van der Waals surface area contributed by atoms with E-state index in [9.17, 15) is 13.2 Å². The topological polar surface area (TPSA) is 89.3 Å². The number of thioether (sulfide) groups is 1. The molecule has 1 aliphatic heterocycles. The summed E-state index contributed by atoms with van der Waals surface area (Å²) in [4.78, 5) is 11.0. The molecule has 0 bridgehead atoms. The number of thiophene rings is 1. The Morgan fingerprint density at radius 3 is 2.86 bits per heavy atom. The quantitative estimate of drug-likeness (QED) is 0.757. The Hall–Kier alpha value is -0.570. The highest BCUT2D eigenvalue weighted by Gasteiger charge is 2.22. The smallest absolute Gasteiger partial charge is 0.247 e. The molecule has 14 heavy (non-hydrogen) atoms. The van der Waals surface area contributed by atoms with Crippen molar-refractivity contribution < 1.29 is 13.2 Å². The van der Waals surface area contributed by atoms with Crippen LogP contribution in [0.3, 0.4) is 0 Å². The zero-order valence-electron chi connectivity index (χ0n) is 6.81. The first-order chi connectivity index (χ1) is 6.47. The summed E-state index contributed by atoms with van der Waals surface area (Å²) in [5, 5.41) is 7.55. The van der Waals surface area contributed by atoms with E-state index >= 15 is 0 Å². The Morgan fingerprint density at radius 2 is 2.21 bits per heavy atom. The summed E-state index contributed by atoms with van der Waals surface area (Å²) in [6.45, 7) is 0. The standard InChI is InChI=1S/C6H6N2O3S3/c7-14(10,11)5-1-3-6(13-5)12-2-4(9)8-3/h1H,2H2,(H,8,9)(H2,7,10,11). The lowest BCUT2D eigenvalue weighted by Crippen LogP contribution is -2.17. The van der Waals surface area contributed by atoms with Crippen molar-refractivity contribution in [3.63, 3.8) is 0 Å². The maximum absolute atomic E-state index is 11.0. The highest BCUT2D eigenvalue weighted by molar-refractivity contribution is 8.02. The van der Waals surface area contributed by atoms with Gasteiger partial charge in [0.2, 0.25) is 15.9 Å². The second kappa shape index (κ2) is 3.23. The van der Waals surface area contributed by atoms with Gasteiger partial charge in [0.05, 0.1) is 15.6 Å². The van der Waals surface area contributed by atoms with Crippen molar-refractivity contribution in [1.82, 2.24) is 0 Å². The minimum atomic E-state index is -3.66. The third-order valence-electron chi connectivity index (χ3n) is 1.56. The Kier molecular flexibility index (Phi) is 2.30. The molecule has 0 radical (unpaired) electrons. The molecule has 2 rings (SSSR count). The summed E-state index contributed by atoms with van der Waals surface area (Å²) in [5.41, 5.74) is 0.542. The van der Waals surface area contributed by atoms with Gasteiger partial charge in [0, 0.05) is 0 Å². The van der Waals surface area contributed by atoms with E-state index in [0.29, 0.717) is 11.4 Å². The van der Waals surface area contributed by atoms with Gasteiger partial charge in [-0.25, -0.2) is 13.6 Å². The number of carbonyl (C=O) groups is 1. The van der Waals surface area contributed by atoms with E-state index in [4.69, 9.17) is 5.14 Å². The van der Waals surface area contributed by atoms with Crippen LogP contribution in [0.2, 0.25) is 0 Å². The number of rotatable bonds is 1. The van der Waals surface area contributed by atoms with Gasteiger partial charge in [-0.05, 0) is 6.07 Å². The van der Waals surface area contributed by atoms with Crippen LogP contribution in [0.1, 0.15) is 0 Å². The van der Waals surface area contributed by atoms with Crippen molar-refractivity contribution in [2.75, 3.05) is 11.1 Å². The van der Waals surface area contributed by atoms with E-state index < -0.39 is 10.0 Å². The zero-order valence-corrected chi connectivity index (χ0v) is 9.26. The van der Waals surface area contributed by atoms with Crippen LogP contribution in [0.4, 0.5) is 5.69 Å². The molecule has 0 spiro atoms. The Balaban J connectivity index is 2.47. The number of primary sulfonamides is 1. The minimum Gasteiger partial charge on any atom is -0.324 e. The number of carbonyl (C=O) groups excluding carboxylic acids is 1. The molecule has 1 amide bonds. The number of nitrogens with two attached hydrogens (primary N) is 1. The van der Waals surface area contributed by atoms with Gasteiger partial charge in [-0.15, -0.1) is 23.1 Å². The third kappa shape index (κ3) is 1.78. The lowest BCUT2D eigenvalue weighted by atomic mass is 10.5. The van der Waals surface area contributed by atoms with E-state index in [1.165, 1.54) is 17.8 Å². The molecule has 0 saturated carbocycles. The molecule has 2 heterocycles. The highest BCUT2D eigenvalue weighted by atomic mass is 32.3. The molecule has 0 aromatic carbocycles. The third-order valence-corrected chi connectivity index (χ3v) is 5.41. The molecule has 1 aromatic heterocycles. The summed E-state index contributed by atoms with van der Waals surface area (Å²) in [5.74, 6) is 0.193. The van der Waals surface area contributed by atoms with Crippen LogP contribution < -0.4 is 10.5 Å². The SMILES string of the molecule is NS(=O)(=O)c1cc2c(s1)SCC(=O)N2. The summed E-state index contributed by atoms with van der Waals surface area (Å²) in [7, 11) is -3.66. The van der Waals surface area contributed by atoms with Crippen LogP contribution in [0.5, 0.6) is 0 Å². The number of hydrogen-bond donors (Lipinski definition) is 2. The number of amides is 1. The number of anilines is 1. The summed E-state index contributed by atoms with van der Waals surface area (Å²) < 4.78 is 22.9. The van der Waals surface area contributed by atoms with Gasteiger partial charge in [-0.1, -0.05) is 0 Å². The second-order valence-electron chi connectivity index (χ2n) is 2.65. The highest BCUT2D eigenvalue weighted by Crippen LogP contribution is 2.40. The predicted molar refractivity (Wildman–Crippen MR) is 55.0 cm³/mol. The second-order valence-corrected chi connectivity index (χ2v) is 6.73. The molecule has 1 aromatic rings. The van der Waals surface area contributed by atoms with Gasteiger partial charge < -0.3 is 5.32 Å². The first-order valence-electron chi connectivity index (χ1n) is 3.56. The number of fused-ring (bicyclic) bond motifs is 1. The van der Waals surface area contributed by atoms with E-state index in [0.717, 1.165) is 15.5 Å². The van der Waals surface area contributed by atoms with Gasteiger partial charge in [0.25, 0.3) is 0 Å². The normalized spacial score (nSPS) is 16.2. The van der Waals surface area contributed by atoms with Crippen LogP contribution in [-0.2, 0) is 14.8 Å². The van der Waals surface area contributed by atoms with Gasteiger partial charge in [-0.2, -0.15) is 0 Å². The average Bonchev–Trinajstić information content (AvgIpc) is 2.45. The lowest BCUT2D eigenvalue weighted by molar-refractivity contribution is -0.113. The molecule has 3 N–H and O–H groups in total. The first kappa shape index (κ1) is 9.97. The first-order valence-corrected chi connectivity index (χ1v) is 6.91. The van der Waals surface area contributed by atoms with Gasteiger partial charge in [0.15, 0.2) is 0 Å². The molecule has 0 saturated heterocycles. The van der Waals surface area contributed by atoms with Crippen molar-refractivity contribution in [3.8, 4) is 0 Å². The average molecular weight is 250 g/mol. The molecule has 5 nitrogen and oxygen atoms in total. The van der Waals surface area contributed by atoms with Crippen molar-refractivity contribution in [2.24, 2.45) is 5.14 Å². The molecule has 0 aliphatic carbocycles. The number of hydrogen-bond acceptors (Lipinski definition) is 5.